The fraction of sp³-hybridized carbons (Fsp3) is 0.435. The normalized spacial score (nSPS) is 14.3. The summed E-state index contributed by atoms with van der Waals surface area (Å²) < 4.78 is 10.8. The maximum Gasteiger partial charge on any atom is 0.219 e. The average molecular weight is 501 g/mol. The van der Waals surface area contributed by atoms with Crippen LogP contribution in [-0.2, 0) is 4.79 Å². The number of amides is 1. The van der Waals surface area contributed by atoms with Crippen LogP contribution in [0.25, 0.3) is 0 Å². The lowest BCUT2D eigenvalue weighted by Crippen LogP contribution is -2.36. The van der Waals surface area contributed by atoms with E-state index < -0.39 is 0 Å². The Balaban J connectivity index is 1.52. The number of aryl methyl sites for hydroxylation is 2. The Kier molecular flexibility index (Phi) is 7.96. The molecule has 1 amide bonds. The van der Waals surface area contributed by atoms with E-state index in [9.17, 15) is 4.79 Å². The van der Waals surface area contributed by atoms with Gasteiger partial charge in [-0.15, -0.1) is 11.8 Å². The number of rotatable bonds is 8. The van der Waals surface area contributed by atoms with Gasteiger partial charge in [-0.05, 0) is 44.9 Å². The van der Waals surface area contributed by atoms with Crippen molar-refractivity contribution in [3.8, 4) is 11.5 Å². The lowest BCUT2D eigenvalue weighted by atomic mass is 9.96. The second-order valence-corrected chi connectivity index (χ2v) is 10.0. The summed E-state index contributed by atoms with van der Waals surface area (Å²) in [5.41, 5.74) is 1.71. The number of pyridine rings is 2. The molecule has 0 radical (unpaired) electrons. The highest BCUT2D eigenvalue weighted by molar-refractivity contribution is 7.99. The summed E-state index contributed by atoms with van der Waals surface area (Å²) in [6.07, 6.45) is 3.47. The number of piperidine rings is 1. The maximum atomic E-state index is 11.6. The second kappa shape index (κ2) is 11.1. The van der Waals surface area contributed by atoms with Crippen molar-refractivity contribution < 1.29 is 14.6 Å². The van der Waals surface area contributed by atoms with E-state index in [4.69, 9.17) is 14.8 Å². The monoisotopic (exact) mass is 500 g/mol. The number of carbonyl (C=O) groups is 1. The molecule has 1 fully saturated rings. The first-order valence-corrected chi connectivity index (χ1v) is 12.9. The van der Waals surface area contributed by atoms with Gasteiger partial charge in [-0.2, -0.15) is 4.37 Å². The molecule has 0 bridgehead atoms. The van der Waals surface area contributed by atoms with Crippen molar-refractivity contribution in [2.24, 2.45) is 0 Å². The molecule has 0 unspecified atom stereocenters. The minimum absolute atomic E-state index is 0.0841. The van der Waals surface area contributed by atoms with Crippen LogP contribution < -0.4 is 10.1 Å². The summed E-state index contributed by atoms with van der Waals surface area (Å²) in [5.74, 6) is 3.45. The summed E-state index contributed by atoms with van der Waals surface area (Å²) in [6.45, 7) is 7.01. The van der Waals surface area contributed by atoms with Crippen molar-refractivity contribution in [1.29, 1.82) is 0 Å². The number of aromatic nitrogens is 4. The van der Waals surface area contributed by atoms with Crippen LogP contribution in [0.1, 0.15) is 42.9 Å². The highest BCUT2D eigenvalue weighted by Gasteiger charge is 2.25. The van der Waals surface area contributed by atoms with Gasteiger partial charge in [0.2, 0.25) is 11.0 Å². The zero-order valence-corrected chi connectivity index (χ0v) is 21.1. The van der Waals surface area contributed by atoms with Crippen molar-refractivity contribution in [3.05, 3.63) is 41.6 Å². The Bertz CT molecular complexity index is 1150. The molecule has 0 aliphatic carbocycles. The van der Waals surface area contributed by atoms with Gasteiger partial charge in [-0.25, -0.2) is 9.97 Å². The van der Waals surface area contributed by atoms with Crippen LogP contribution in [0.3, 0.4) is 0 Å². The van der Waals surface area contributed by atoms with Crippen molar-refractivity contribution in [3.63, 3.8) is 0 Å². The number of aliphatic hydroxyl groups is 1. The SMILES string of the molecule is CC(=O)N1CCC(c2nsc(Nc3ncc(SCCO)cc3Oc3ccc(C)nc3C)n2)CC1. The zero-order chi connectivity index (χ0) is 24.1. The van der Waals surface area contributed by atoms with Gasteiger partial charge in [0.25, 0.3) is 0 Å². The van der Waals surface area contributed by atoms with Gasteiger partial charge < -0.3 is 20.1 Å². The van der Waals surface area contributed by atoms with Crippen LogP contribution in [0.2, 0.25) is 0 Å². The van der Waals surface area contributed by atoms with Crippen molar-refractivity contribution >= 4 is 40.2 Å². The van der Waals surface area contributed by atoms with E-state index in [1.165, 1.54) is 23.3 Å². The average Bonchev–Trinajstić information content (AvgIpc) is 3.29. The first-order chi connectivity index (χ1) is 16.4. The molecule has 4 rings (SSSR count). The smallest absolute Gasteiger partial charge is 0.219 e. The van der Waals surface area contributed by atoms with Crippen molar-refractivity contribution in [2.45, 2.75) is 44.4 Å². The largest absolute Gasteiger partial charge is 0.452 e. The molecule has 180 valence electrons. The minimum atomic E-state index is 0.0841. The summed E-state index contributed by atoms with van der Waals surface area (Å²) >= 11 is 2.79. The summed E-state index contributed by atoms with van der Waals surface area (Å²) in [4.78, 5) is 28.1. The molecule has 34 heavy (non-hydrogen) atoms. The van der Waals surface area contributed by atoms with Crippen LogP contribution in [0.15, 0.2) is 29.3 Å². The molecular weight excluding hydrogens is 472 g/mol. The predicted molar refractivity (Wildman–Crippen MR) is 133 cm³/mol. The van der Waals surface area contributed by atoms with Crippen LogP contribution in [-0.4, -0.2) is 60.7 Å². The van der Waals surface area contributed by atoms with Gasteiger partial charge in [-0.3, -0.25) is 9.78 Å². The molecule has 1 aliphatic heterocycles. The summed E-state index contributed by atoms with van der Waals surface area (Å²) in [6, 6.07) is 5.70. The molecule has 1 saturated heterocycles. The third kappa shape index (κ3) is 6.02. The van der Waals surface area contributed by atoms with E-state index in [0.29, 0.717) is 28.2 Å². The predicted octanol–water partition coefficient (Wildman–Crippen LogP) is 4.29. The summed E-state index contributed by atoms with van der Waals surface area (Å²) in [5, 5.41) is 13.1. The number of nitrogens with zero attached hydrogens (tertiary/aromatic N) is 5. The molecular formula is C23H28N6O3S2. The molecule has 2 N–H and O–H groups in total. The molecule has 0 spiro atoms. The van der Waals surface area contributed by atoms with Crippen molar-refractivity contribution in [2.75, 3.05) is 30.8 Å². The molecule has 3 aromatic heterocycles. The lowest BCUT2D eigenvalue weighted by Gasteiger charge is -2.29. The van der Waals surface area contributed by atoms with E-state index >= 15 is 0 Å². The Morgan fingerprint density at radius 3 is 2.76 bits per heavy atom. The Morgan fingerprint density at radius 1 is 1.26 bits per heavy atom. The molecule has 0 aromatic carbocycles. The van der Waals surface area contributed by atoms with Gasteiger partial charge in [0.15, 0.2) is 11.6 Å². The number of aliphatic hydroxyl groups excluding tert-OH is 1. The third-order valence-corrected chi connectivity index (χ3v) is 7.14. The Hall–Kier alpha value is -2.76. The van der Waals surface area contributed by atoms with E-state index in [-0.39, 0.29) is 18.4 Å². The van der Waals surface area contributed by atoms with Gasteiger partial charge >= 0.3 is 0 Å². The number of likely N-dealkylation sites (tertiary alicyclic amines) is 1. The zero-order valence-electron chi connectivity index (χ0n) is 19.4. The molecule has 4 heterocycles. The maximum absolute atomic E-state index is 11.6. The number of nitrogens with one attached hydrogen (secondary N) is 1. The second-order valence-electron chi connectivity index (χ2n) is 8.09. The first kappa shape index (κ1) is 24.4. The third-order valence-electron chi connectivity index (χ3n) is 5.56. The van der Waals surface area contributed by atoms with E-state index in [2.05, 4.69) is 19.7 Å². The number of anilines is 2. The van der Waals surface area contributed by atoms with E-state index in [1.54, 1.807) is 13.1 Å². The molecule has 3 aromatic rings. The van der Waals surface area contributed by atoms with Crippen LogP contribution in [0.5, 0.6) is 11.5 Å². The standard InChI is InChI=1S/C23H28N6O3S2/c1-14-4-5-19(15(2)25-14)32-20-12-18(33-11-10-30)13-24-22(20)27-23-26-21(28-34-23)17-6-8-29(9-7-17)16(3)31/h4-5,12-13,17,30H,6-11H2,1-3H3,(H,24,26,27,28). The number of thioether (sulfide) groups is 1. The van der Waals surface area contributed by atoms with Crippen LogP contribution in [0, 0.1) is 13.8 Å². The van der Waals surface area contributed by atoms with Crippen LogP contribution in [0.4, 0.5) is 10.9 Å². The molecule has 0 saturated carbocycles. The molecule has 1 aliphatic rings. The first-order valence-electron chi connectivity index (χ1n) is 11.1. The Labute approximate surface area is 207 Å². The van der Waals surface area contributed by atoms with E-state index in [1.807, 2.05) is 36.9 Å². The Morgan fingerprint density at radius 2 is 2.06 bits per heavy atom. The minimum Gasteiger partial charge on any atom is -0.452 e. The highest BCUT2D eigenvalue weighted by Crippen LogP contribution is 2.36. The number of hydrogen-bond acceptors (Lipinski definition) is 10. The van der Waals surface area contributed by atoms with Crippen LogP contribution >= 0.6 is 23.3 Å². The van der Waals surface area contributed by atoms with E-state index in [0.717, 1.165) is 48.0 Å². The fourth-order valence-corrected chi connectivity index (χ4v) is 5.04. The van der Waals surface area contributed by atoms with Crippen molar-refractivity contribution in [1.82, 2.24) is 24.2 Å². The number of carbonyl (C=O) groups excluding carboxylic acids is 1. The van der Waals surface area contributed by atoms with Gasteiger partial charge in [0.05, 0.1) is 12.3 Å². The number of hydrogen-bond donors (Lipinski definition) is 2. The lowest BCUT2D eigenvalue weighted by molar-refractivity contribution is -0.129. The van der Waals surface area contributed by atoms with Gasteiger partial charge in [-0.1, -0.05) is 0 Å². The molecule has 11 heteroatoms. The molecule has 9 nitrogen and oxygen atoms in total. The number of ether oxygens (including phenoxy) is 1. The highest BCUT2D eigenvalue weighted by atomic mass is 32.2. The quantitative estimate of drug-likeness (QED) is 0.437. The van der Waals surface area contributed by atoms with Gasteiger partial charge in [0, 0.05) is 60.0 Å². The van der Waals surface area contributed by atoms with Gasteiger partial charge in [0.1, 0.15) is 11.6 Å². The summed E-state index contributed by atoms with van der Waals surface area (Å²) in [7, 11) is 0. The fourth-order valence-electron chi connectivity index (χ4n) is 3.75. The topological polar surface area (TPSA) is 113 Å². The molecule has 0 atom stereocenters.